The van der Waals surface area contributed by atoms with E-state index in [-0.39, 0.29) is 24.9 Å². The first-order valence-corrected chi connectivity index (χ1v) is 10.8. The van der Waals surface area contributed by atoms with Gasteiger partial charge in [0.25, 0.3) is 10.7 Å². The summed E-state index contributed by atoms with van der Waals surface area (Å²) >= 11 is 0.786. The minimum Gasteiger partial charge on any atom is -0.464 e. The monoisotopic (exact) mass is 440 g/mol. The molecule has 2 aromatic rings. The molecule has 1 aliphatic rings. The summed E-state index contributed by atoms with van der Waals surface area (Å²) in [5.41, 5.74) is 1.78. The Bertz CT molecular complexity index is 944. The molecule has 1 heterocycles. The van der Waals surface area contributed by atoms with Crippen LogP contribution in [0.2, 0.25) is 0 Å². The Morgan fingerprint density at radius 3 is 1.94 bits per heavy atom. The SMILES string of the molecule is CCOC(=O)C1(C(=O)OCC)SC(=NCc2ccccc2)N(Cc2ccccc2)C1=O. The number of benzene rings is 2. The van der Waals surface area contributed by atoms with Crippen molar-refractivity contribution in [1.82, 2.24) is 4.90 Å². The first kappa shape index (κ1) is 22.6. The Morgan fingerprint density at radius 1 is 0.903 bits per heavy atom. The van der Waals surface area contributed by atoms with Crippen LogP contribution in [0.5, 0.6) is 0 Å². The second kappa shape index (κ2) is 10.3. The zero-order valence-electron chi connectivity index (χ0n) is 17.4. The van der Waals surface area contributed by atoms with E-state index in [0.717, 1.165) is 22.9 Å². The van der Waals surface area contributed by atoms with Gasteiger partial charge in [-0.05, 0) is 36.7 Å². The summed E-state index contributed by atoms with van der Waals surface area (Å²) in [6.07, 6.45) is 0. The number of ether oxygens (including phenoxy) is 2. The van der Waals surface area contributed by atoms with E-state index in [1.165, 1.54) is 4.90 Å². The van der Waals surface area contributed by atoms with Crippen molar-refractivity contribution >= 4 is 34.8 Å². The zero-order valence-corrected chi connectivity index (χ0v) is 18.3. The van der Waals surface area contributed by atoms with Crippen LogP contribution in [-0.4, -0.2) is 45.9 Å². The molecule has 0 unspecified atom stereocenters. The van der Waals surface area contributed by atoms with E-state index in [0.29, 0.717) is 6.54 Å². The lowest BCUT2D eigenvalue weighted by Crippen LogP contribution is -2.53. The Hall–Kier alpha value is -3.13. The van der Waals surface area contributed by atoms with Gasteiger partial charge in [-0.15, -0.1) is 0 Å². The Balaban J connectivity index is 2.02. The van der Waals surface area contributed by atoms with Crippen LogP contribution in [0.4, 0.5) is 0 Å². The number of rotatable bonds is 8. The third-order valence-electron chi connectivity index (χ3n) is 4.57. The number of hydrogen-bond acceptors (Lipinski definition) is 7. The van der Waals surface area contributed by atoms with E-state index in [1.54, 1.807) is 13.8 Å². The number of amides is 1. The van der Waals surface area contributed by atoms with Crippen LogP contribution in [-0.2, 0) is 36.9 Å². The predicted molar refractivity (Wildman–Crippen MR) is 118 cm³/mol. The van der Waals surface area contributed by atoms with Crippen molar-refractivity contribution in [1.29, 1.82) is 0 Å². The van der Waals surface area contributed by atoms with Gasteiger partial charge in [0.1, 0.15) is 0 Å². The number of carbonyl (C=O) groups is 3. The van der Waals surface area contributed by atoms with Crippen molar-refractivity contribution in [3.8, 4) is 0 Å². The smallest absolute Gasteiger partial charge is 0.344 e. The predicted octanol–water partition coefficient (Wildman–Crippen LogP) is 3.18. The van der Waals surface area contributed by atoms with Crippen molar-refractivity contribution in [3.05, 3.63) is 71.8 Å². The maximum atomic E-state index is 13.5. The summed E-state index contributed by atoms with van der Waals surface area (Å²) in [6.45, 7) is 3.76. The van der Waals surface area contributed by atoms with Crippen LogP contribution < -0.4 is 0 Å². The largest absolute Gasteiger partial charge is 0.464 e. The fraction of sp³-hybridized carbons (Fsp3) is 0.304. The van der Waals surface area contributed by atoms with E-state index in [1.807, 2.05) is 60.7 Å². The molecule has 0 N–H and O–H groups in total. The Kier molecular flexibility index (Phi) is 7.46. The highest BCUT2D eigenvalue weighted by Gasteiger charge is 2.65. The lowest BCUT2D eigenvalue weighted by Gasteiger charge is -2.22. The molecule has 1 aliphatic heterocycles. The first-order valence-electron chi connectivity index (χ1n) is 10.0. The Morgan fingerprint density at radius 2 is 1.42 bits per heavy atom. The number of nitrogens with zero attached hydrogens (tertiary/aromatic N) is 2. The van der Waals surface area contributed by atoms with Gasteiger partial charge in [0.05, 0.1) is 26.3 Å². The molecule has 162 valence electrons. The maximum absolute atomic E-state index is 13.5. The molecule has 0 saturated carbocycles. The van der Waals surface area contributed by atoms with Gasteiger partial charge < -0.3 is 9.47 Å². The third-order valence-corrected chi connectivity index (χ3v) is 5.92. The molecule has 0 spiro atoms. The van der Waals surface area contributed by atoms with Gasteiger partial charge in [-0.2, -0.15) is 0 Å². The van der Waals surface area contributed by atoms with Gasteiger partial charge in [0, 0.05) is 0 Å². The van der Waals surface area contributed by atoms with Crippen LogP contribution in [0.1, 0.15) is 25.0 Å². The van der Waals surface area contributed by atoms with Gasteiger partial charge in [0.15, 0.2) is 5.17 Å². The van der Waals surface area contributed by atoms with Gasteiger partial charge in [-0.3, -0.25) is 14.7 Å². The van der Waals surface area contributed by atoms with Gasteiger partial charge >= 0.3 is 11.9 Å². The fourth-order valence-electron chi connectivity index (χ4n) is 3.08. The van der Waals surface area contributed by atoms with Crippen LogP contribution in [0, 0.1) is 0 Å². The van der Waals surface area contributed by atoms with Crippen molar-refractivity contribution in [2.24, 2.45) is 4.99 Å². The molecule has 0 aromatic heterocycles. The van der Waals surface area contributed by atoms with Crippen LogP contribution in [0.15, 0.2) is 65.7 Å². The minimum absolute atomic E-state index is 0.0308. The van der Waals surface area contributed by atoms with Crippen molar-refractivity contribution in [3.63, 3.8) is 0 Å². The number of amidine groups is 1. The summed E-state index contributed by atoms with van der Waals surface area (Å²) in [4.78, 5) is 45.2. The third kappa shape index (κ3) is 4.80. The summed E-state index contributed by atoms with van der Waals surface area (Å²) in [6, 6.07) is 18.8. The first-order chi connectivity index (χ1) is 15.0. The Labute approximate surface area is 185 Å². The molecule has 31 heavy (non-hydrogen) atoms. The van der Waals surface area contributed by atoms with E-state index < -0.39 is 22.6 Å². The number of carbonyl (C=O) groups excluding carboxylic acids is 3. The molecular weight excluding hydrogens is 416 g/mol. The van der Waals surface area contributed by atoms with Gasteiger partial charge in [0.2, 0.25) is 0 Å². The van der Waals surface area contributed by atoms with E-state index in [4.69, 9.17) is 9.47 Å². The molecule has 0 atom stereocenters. The quantitative estimate of drug-likeness (QED) is 0.463. The fourth-order valence-corrected chi connectivity index (χ4v) is 4.23. The molecular formula is C23H24N2O5S. The molecule has 1 amide bonds. The highest BCUT2D eigenvalue weighted by atomic mass is 32.2. The second-order valence-corrected chi connectivity index (χ2v) is 7.87. The van der Waals surface area contributed by atoms with Crippen LogP contribution in [0.25, 0.3) is 0 Å². The van der Waals surface area contributed by atoms with Crippen LogP contribution in [0.3, 0.4) is 0 Å². The standard InChI is InChI=1S/C23H24N2O5S/c1-3-29-20(27)23(21(28)30-4-2)19(26)25(16-18-13-9-6-10-14-18)22(31-23)24-15-17-11-7-5-8-12-17/h5-14H,3-4,15-16H2,1-2H3. The number of thioether (sulfide) groups is 1. The molecule has 0 aliphatic carbocycles. The summed E-state index contributed by atoms with van der Waals surface area (Å²) < 4.78 is 8.07. The molecule has 1 saturated heterocycles. The van der Waals surface area contributed by atoms with Gasteiger partial charge in [-0.25, -0.2) is 9.59 Å². The number of esters is 2. The average molecular weight is 441 g/mol. The summed E-state index contributed by atoms with van der Waals surface area (Å²) in [5, 5.41) is 0.277. The topological polar surface area (TPSA) is 85.3 Å². The molecule has 2 aromatic carbocycles. The normalized spacial score (nSPS) is 16.4. The maximum Gasteiger partial charge on any atom is 0.344 e. The van der Waals surface area contributed by atoms with Gasteiger partial charge in [-0.1, -0.05) is 60.7 Å². The van der Waals surface area contributed by atoms with Crippen molar-refractivity contribution < 1.29 is 23.9 Å². The van der Waals surface area contributed by atoms with Crippen molar-refractivity contribution in [2.75, 3.05) is 13.2 Å². The summed E-state index contributed by atoms with van der Waals surface area (Å²) in [5.74, 6) is -2.58. The van der Waals surface area contributed by atoms with E-state index >= 15 is 0 Å². The molecule has 8 heteroatoms. The molecule has 1 fully saturated rings. The van der Waals surface area contributed by atoms with Crippen LogP contribution >= 0.6 is 11.8 Å². The summed E-state index contributed by atoms with van der Waals surface area (Å²) in [7, 11) is 0. The van der Waals surface area contributed by atoms with Crippen molar-refractivity contribution in [2.45, 2.75) is 31.7 Å². The van der Waals surface area contributed by atoms with E-state index in [2.05, 4.69) is 4.99 Å². The lowest BCUT2D eigenvalue weighted by molar-refractivity contribution is -0.162. The number of hydrogen-bond donors (Lipinski definition) is 0. The molecule has 0 bridgehead atoms. The molecule has 7 nitrogen and oxygen atoms in total. The molecule has 0 radical (unpaired) electrons. The average Bonchev–Trinajstić information content (AvgIpc) is 3.07. The highest BCUT2D eigenvalue weighted by molar-refractivity contribution is 8.17. The lowest BCUT2D eigenvalue weighted by atomic mass is 10.1. The van der Waals surface area contributed by atoms with E-state index in [9.17, 15) is 14.4 Å². The highest BCUT2D eigenvalue weighted by Crippen LogP contribution is 2.41. The zero-order chi connectivity index (χ0) is 22.3. The minimum atomic E-state index is -2.16. The second-order valence-electron chi connectivity index (χ2n) is 6.69. The number of aliphatic imine (C=N–C) groups is 1. The molecule has 3 rings (SSSR count).